The van der Waals surface area contributed by atoms with Gasteiger partial charge in [0.15, 0.2) is 10.6 Å². The summed E-state index contributed by atoms with van der Waals surface area (Å²) >= 11 is 5.10. The molecule has 0 aliphatic carbocycles. The number of nitrogens with one attached hydrogen (secondary N) is 2. The number of nitrogens with zero attached hydrogens (tertiary/aromatic N) is 1. The van der Waals surface area contributed by atoms with E-state index in [1.807, 2.05) is 0 Å². The summed E-state index contributed by atoms with van der Waals surface area (Å²) in [5.41, 5.74) is 1.69. The molecule has 0 aliphatic rings. The lowest BCUT2D eigenvalue weighted by atomic mass is 10.1. The number of benzene rings is 2. The number of hydrogen-bond acceptors (Lipinski definition) is 4. The monoisotopic (exact) mass is 353 g/mol. The fourth-order valence-corrected chi connectivity index (χ4v) is 2.66. The highest BCUT2D eigenvalue weighted by atomic mass is 32.1. The summed E-state index contributed by atoms with van der Waals surface area (Å²) in [6, 6.07) is 11.4. The smallest absolute Gasteiger partial charge is 0.261 e. The number of carbonyl (C=O) groups excluding carboxylic acids is 2. The lowest BCUT2D eigenvalue weighted by molar-refractivity contribution is 0.101. The highest BCUT2D eigenvalue weighted by molar-refractivity contribution is 7.71. The Hall–Kier alpha value is -3.06. The summed E-state index contributed by atoms with van der Waals surface area (Å²) in [6.07, 6.45) is 0. The third-order valence-electron chi connectivity index (χ3n) is 3.89. The Morgan fingerprint density at radius 3 is 2.60 bits per heavy atom. The van der Waals surface area contributed by atoms with Crippen LogP contribution in [0.25, 0.3) is 10.9 Å². The molecule has 2 aromatic carbocycles. The minimum absolute atomic E-state index is 0.0785. The second-order valence-electron chi connectivity index (χ2n) is 5.65. The van der Waals surface area contributed by atoms with Gasteiger partial charge in [-0.25, -0.2) is 0 Å². The van der Waals surface area contributed by atoms with Crippen molar-refractivity contribution in [3.05, 3.63) is 68.7 Å². The number of fused-ring (bicyclic) bond motifs is 1. The Bertz CT molecular complexity index is 1130. The second kappa shape index (κ2) is 6.45. The van der Waals surface area contributed by atoms with Gasteiger partial charge in [-0.05, 0) is 49.5 Å². The highest BCUT2D eigenvalue weighted by Crippen LogP contribution is 2.15. The number of amides is 1. The molecule has 0 atom stereocenters. The average Bonchev–Trinajstić information content (AvgIpc) is 2.59. The first kappa shape index (κ1) is 16.8. The number of H-pyrrole nitrogens is 1. The largest absolute Gasteiger partial charge is 0.332 e. The Morgan fingerprint density at radius 2 is 1.88 bits per heavy atom. The van der Waals surface area contributed by atoms with Crippen LogP contribution in [0.2, 0.25) is 0 Å². The number of ketones is 1. The van der Waals surface area contributed by atoms with Gasteiger partial charge < -0.3 is 10.3 Å². The molecular formula is C18H15N3O3S. The Kier molecular flexibility index (Phi) is 4.33. The number of carbonyl (C=O) groups is 2. The third-order valence-corrected chi connectivity index (χ3v) is 4.27. The molecule has 0 bridgehead atoms. The van der Waals surface area contributed by atoms with Gasteiger partial charge in [0.25, 0.3) is 11.5 Å². The molecule has 7 heteroatoms. The Labute approximate surface area is 148 Å². The number of aromatic amines is 1. The topological polar surface area (TPSA) is 84.0 Å². The lowest BCUT2D eigenvalue weighted by Gasteiger charge is -2.08. The number of hydrogen-bond donors (Lipinski definition) is 2. The number of aromatic nitrogens is 2. The summed E-state index contributed by atoms with van der Waals surface area (Å²) in [7, 11) is 1.59. The van der Waals surface area contributed by atoms with E-state index in [0.29, 0.717) is 27.7 Å². The van der Waals surface area contributed by atoms with Gasteiger partial charge in [0.05, 0.1) is 10.9 Å². The van der Waals surface area contributed by atoms with E-state index in [4.69, 9.17) is 12.2 Å². The predicted molar refractivity (Wildman–Crippen MR) is 98.8 cm³/mol. The second-order valence-corrected chi connectivity index (χ2v) is 6.03. The van der Waals surface area contributed by atoms with Gasteiger partial charge in [-0.1, -0.05) is 12.1 Å². The summed E-state index contributed by atoms with van der Waals surface area (Å²) in [5, 5.41) is 3.19. The van der Waals surface area contributed by atoms with Gasteiger partial charge in [0.1, 0.15) is 0 Å². The van der Waals surface area contributed by atoms with Crippen molar-refractivity contribution < 1.29 is 9.59 Å². The van der Waals surface area contributed by atoms with Crippen molar-refractivity contribution >= 4 is 40.5 Å². The molecule has 0 saturated heterocycles. The zero-order chi connectivity index (χ0) is 18.1. The van der Waals surface area contributed by atoms with E-state index < -0.39 is 0 Å². The molecule has 6 nitrogen and oxygen atoms in total. The van der Waals surface area contributed by atoms with Gasteiger partial charge >= 0.3 is 0 Å². The van der Waals surface area contributed by atoms with Crippen LogP contribution >= 0.6 is 12.2 Å². The fraction of sp³-hybridized carbons (Fsp3) is 0.111. The summed E-state index contributed by atoms with van der Waals surface area (Å²) in [6.45, 7) is 1.47. The van der Waals surface area contributed by atoms with Crippen LogP contribution in [0.4, 0.5) is 5.69 Å². The molecule has 1 amide bonds. The molecule has 0 aliphatic heterocycles. The number of anilines is 1. The quantitative estimate of drug-likeness (QED) is 0.560. The van der Waals surface area contributed by atoms with Crippen LogP contribution in [0, 0.1) is 4.77 Å². The minimum Gasteiger partial charge on any atom is -0.332 e. The fourth-order valence-electron chi connectivity index (χ4n) is 2.47. The van der Waals surface area contributed by atoms with Crippen LogP contribution in [0.5, 0.6) is 0 Å². The summed E-state index contributed by atoms with van der Waals surface area (Å²) in [5.74, 6) is -0.423. The van der Waals surface area contributed by atoms with Crippen LogP contribution in [-0.2, 0) is 7.05 Å². The van der Waals surface area contributed by atoms with Crippen LogP contribution in [0.1, 0.15) is 27.6 Å². The molecule has 1 heterocycles. The zero-order valence-electron chi connectivity index (χ0n) is 13.6. The Balaban J connectivity index is 1.96. The normalized spacial score (nSPS) is 10.6. The standard InChI is InChI=1S/C18H15N3O3S/c1-10(22)11-4-3-5-13(8-11)19-16(23)12-6-7-14-15(9-12)20-18(25)21(2)17(14)24/h3-9H,1-2H3,(H,19,23)(H,20,25). The zero-order valence-corrected chi connectivity index (χ0v) is 14.4. The van der Waals surface area contributed by atoms with E-state index in [2.05, 4.69) is 10.3 Å². The van der Waals surface area contributed by atoms with Crippen LogP contribution in [0.15, 0.2) is 47.3 Å². The highest BCUT2D eigenvalue weighted by Gasteiger charge is 2.10. The third kappa shape index (κ3) is 3.27. The van der Waals surface area contributed by atoms with Gasteiger partial charge in [0, 0.05) is 23.9 Å². The van der Waals surface area contributed by atoms with E-state index in [0.717, 1.165) is 0 Å². The van der Waals surface area contributed by atoms with Gasteiger partial charge in [-0.2, -0.15) is 0 Å². The maximum atomic E-state index is 12.5. The SMILES string of the molecule is CC(=O)c1cccc(NC(=O)c2ccc3c(=O)n(C)c(=S)[nH]c3c2)c1. The molecule has 25 heavy (non-hydrogen) atoms. The van der Waals surface area contributed by atoms with Crippen molar-refractivity contribution in [1.29, 1.82) is 0 Å². The number of Topliss-reactive ketones (excluding diaryl/α,β-unsaturated/α-hetero) is 1. The molecule has 0 spiro atoms. The Morgan fingerprint density at radius 1 is 1.12 bits per heavy atom. The van der Waals surface area contributed by atoms with E-state index in [-0.39, 0.29) is 22.0 Å². The number of rotatable bonds is 3. The van der Waals surface area contributed by atoms with Crippen LogP contribution in [0.3, 0.4) is 0 Å². The molecule has 3 rings (SSSR count). The minimum atomic E-state index is -0.345. The van der Waals surface area contributed by atoms with E-state index in [9.17, 15) is 14.4 Å². The first-order valence-electron chi connectivity index (χ1n) is 7.52. The molecule has 1 aromatic heterocycles. The van der Waals surface area contributed by atoms with Gasteiger partial charge in [0.2, 0.25) is 0 Å². The first-order valence-corrected chi connectivity index (χ1v) is 7.93. The summed E-state index contributed by atoms with van der Waals surface area (Å²) < 4.78 is 1.62. The maximum Gasteiger partial charge on any atom is 0.261 e. The van der Waals surface area contributed by atoms with Gasteiger partial charge in [-0.3, -0.25) is 19.0 Å². The molecule has 0 radical (unpaired) electrons. The molecule has 2 N–H and O–H groups in total. The molecule has 0 unspecified atom stereocenters. The maximum absolute atomic E-state index is 12.5. The van der Waals surface area contributed by atoms with Crippen molar-refractivity contribution in [2.45, 2.75) is 6.92 Å². The van der Waals surface area contributed by atoms with Crippen molar-refractivity contribution in [2.24, 2.45) is 7.05 Å². The van der Waals surface area contributed by atoms with Crippen molar-refractivity contribution in [2.75, 3.05) is 5.32 Å². The molecule has 0 fully saturated rings. The van der Waals surface area contributed by atoms with E-state index >= 15 is 0 Å². The van der Waals surface area contributed by atoms with Crippen LogP contribution < -0.4 is 10.9 Å². The van der Waals surface area contributed by atoms with Crippen molar-refractivity contribution in [1.82, 2.24) is 9.55 Å². The van der Waals surface area contributed by atoms with Crippen molar-refractivity contribution in [3.63, 3.8) is 0 Å². The van der Waals surface area contributed by atoms with Crippen molar-refractivity contribution in [3.8, 4) is 0 Å². The van der Waals surface area contributed by atoms with E-state index in [1.165, 1.54) is 11.5 Å². The average molecular weight is 353 g/mol. The molecule has 126 valence electrons. The molecular weight excluding hydrogens is 338 g/mol. The van der Waals surface area contributed by atoms with Gasteiger partial charge in [-0.15, -0.1) is 0 Å². The lowest BCUT2D eigenvalue weighted by Crippen LogP contribution is -2.19. The summed E-state index contributed by atoms with van der Waals surface area (Å²) in [4.78, 5) is 39.0. The predicted octanol–water partition coefficient (Wildman–Crippen LogP) is 3.05. The molecule has 3 aromatic rings. The van der Waals surface area contributed by atoms with E-state index in [1.54, 1.807) is 49.5 Å². The molecule has 0 saturated carbocycles. The first-order chi connectivity index (χ1) is 11.9. The van der Waals surface area contributed by atoms with Crippen LogP contribution in [-0.4, -0.2) is 21.2 Å².